The van der Waals surface area contributed by atoms with Crippen LogP contribution < -0.4 is 0 Å². The molecule has 0 spiro atoms. The van der Waals surface area contributed by atoms with Gasteiger partial charge in [0.15, 0.2) is 0 Å². The van der Waals surface area contributed by atoms with E-state index in [4.69, 9.17) is 5.26 Å². The van der Waals surface area contributed by atoms with E-state index in [0.717, 1.165) is 18.7 Å². The van der Waals surface area contributed by atoms with Gasteiger partial charge in [-0.3, -0.25) is 0 Å². The van der Waals surface area contributed by atoms with Crippen LogP contribution in [-0.4, -0.2) is 29.1 Å². The van der Waals surface area contributed by atoms with Crippen molar-refractivity contribution in [2.75, 3.05) is 19.6 Å². The number of likely N-dealkylation sites (tertiary alicyclic amines) is 1. The summed E-state index contributed by atoms with van der Waals surface area (Å²) >= 11 is 0. The monoisotopic (exact) mass is 239 g/mol. The van der Waals surface area contributed by atoms with Crippen molar-refractivity contribution in [2.24, 2.45) is 0 Å². The summed E-state index contributed by atoms with van der Waals surface area (Å²) < 4.78 is 2.26. The maximum absolute atomic E-state index is 8.96. The zero-order valence-electron chi connectivity index (χ0n) is 10.5. The van der Waals surface area contributed by atoms with Crippen LogP contribution in [0.15, 0.2) is 30.5 Å². The summed E-state index contributed by atoms with van der Waals surface area (Å²) in [5, 5.41) is 10.2. The summed E-state index contributed by atoms with van der Waals surface area (Å²) in [6.45, 7) is 4.60. The SMILES string of the molecule is N#Cc1ccc2ccn(CCN3CCCC3)c2c1. The first-order valence-corrected chi connectivity index (χ1v) is 6.58. The van der Waals surface area contributed by atoms with Gasteiger partial charge in [0.05, 0.1) is 11.6 Å². The molecule has 2 aromatic rings. The highest BCUT2D eigenvalue weighted by Crippen LogP contribution is 2.18. The van der Waals surface area contributed by atoms with Crippen molar-refractivity contribution >= 4 is 10.9 Å². The molecule has 0 unspecified atom stereocenters. The average molecular weight is 239 g/mol. The number of hydrogen-bond donors (Lipinski definition) is 0. The fraction of sp³-hybridized carbons (Fsp3) is 0.400. The van der Waals surface area contributed by atoms with Crippen LogP contribution in [0, 0.1) is 11.3 Å². The minimum absolute atomic E-state index is 0.739. The Kier molecular flexibility index (Phi) is 3.04. The van der Waals surface area contributed by atoms with Gasteiger partial charge in [0, 0.05) is 24.8 Å². The highest BCUT2D eigenvalue weighted by Gasteiger charge is 2.11. The Morgan fingerprint density at radius 3 is 2.72 bits per heavy atom. The first kappa shape index (κ1) is 11.3. The molecule has 0 N–H and O–H groups in total. The van der Waals surface area contributed by atoms with Crippen LogP contribution >= 0.6 is 0 Å². The molecule has 1 saturated heterocycles. The second kappa shape index (κ2) is 4.83. The van der Waals surface area contributed by atoms with Crippen LogP contribution in [0.2, 0.25) is 0 Å². The lowest BCUT2D eigenvalue weighted by Gasteiger charge is -2.15. The molecule has 3 nitrogen and oxygen atoms in total. The molecule has 1 aromatic heterocycles. The van der Waals surface area contributed by atoms with Crippen molar-refractivity contribution in [2.45, 2.75) is 19.4 Å². The molecule has 3 heteroatoms. The molecule has 1 fully saturated rings. The van der Waals surface area contributed by atoms with Crippen molar-refractivity contribution in [3.63, 3.8) is 0 Å². The lowest BCUT2D eigenvalue weighted by Crippen LogP contribution is -2.23. The van der Waals surface area contributed by atoms with Gasteiger partial charge in [0.1, 0.15) is 0 Å². The van der Waals surface area contributed by atoms with E-state index in [-0.39, 0.29) is 0 Å². The Morgan fingerprint density at radius 1 is 1.11 bits per heavy atom. The fourth-order valence-corrected chi connectivity index (χ4v) is 2.70. The fourth-order valence-electron chi connectivity index (χ4n) is 2.70. The maximum Gasteiger partial charge on any atom is 0.0992 e. The van der Waals surface area contributed by atoms with Crippen molar-refractivity contribution in [1.29, 1.82) is 5.26 Å². The van der Waals surface area contributed by atoms with E-state index in [0.29, 0.717) is 0 Å². The van der Waals surface area contributed by atoms with E-state index in [1.165, 1.54) is 36.8 Å². The summed E-state index contributed by atoms with van der Waals surface area (Å²) in [7, 11) is 0. The molecular formula is C15H17N3. The first-order valence-electron chi connectivity index (χ1n) is 6.58. The Bertz CT molecular complexity index is 585. The molecule has 1 aliphatic heterocycles. The normalized spacial score (nSPS) is 16.2. The van der Waals surface area contributed by atoms with E-state index in [9.17, 15) is 0 Å². The summed E-state index contributed by atoms with van der Waals surface area (Å²) in [5.41, 5.74) is 1.91. The number of benzene rings is 1. The van der Waals surface area contributed by atoms with E-state index in [1.54, 1.807) is 0 Å². The number of rotatable bonds is 3. The number of nitrogens with zero attached hydrogens (tertiary/aromatic N) is 3. The zero-order chi connectivity index (χ0) is 12.4. The van der Waals surface area contributed by atoms with Crippen molar-refractivity contribution in [3.8, 4) is 6.07 Å². The van der Waals surface area contributed by atoms with Gasteiger partial charge in [0.25, 0.3) is 0 Å². The van der Waals surface area contributed by atoms with Gasteiger partial charge in [-0.1, -0.05) is 6.07 Å². The van der Waals surface area contributed by atoms with Gasteiger partial charge in [-0.15, -0.1) is 0 Å². The van der Waals surface area contributed by atoms with Crippen molar-refractivity contribution < 1.29 is 0 Å². The molecule has 0 atom stereocenters. The summed E-state index contributed by atoms with van der Waals surface area (Å²) in [6, 6.07) is 10.2. The van der Waals surface area contributed by atoms with Crippen molar-refractivity contribution in [1.82, 2.24) is 9.47 Å². The molecular weight excluding hydrogens is 222 g/mol. The standard InChI is InChI=1S/C15H17N3/c16-12-13-3-4-14-5-8-18(15(14)11-13)10-9-17-6-1-2-7-17/h3-5,8,11H,1-2,6-7,9-10H2. The minimum Gasteiger partial charge on any atom is -0.346 e. The summed E-state index contributed by atoms with van der Waals surface area (Å²) in [6.07, 6.45) is 4.80. The van der Waals surface area contributed by atoms with E-state index in [2.05, 4.69) is 27.8 Å². The predicted molar refractivity (Wildman–Crippen MR) is 72.3 cm³/mol. The number of hydrogen-bond acceptors (Lipinski definition) is 2. The van der Waals surface area contributed by atoms with Crippen LogP contribution in [0.25, 0.3) is 10.9 Å². The Balaban J connectivity index is 1.80. The third-order valence-corrected chi connectivity index (χ3v) is 3.76. The van der Waals surface area contributed by atoms with Crippen LogP contribution in [-0.2, 0) is 6.54 Å². The molecule has 1 aliphatic rings. The quantitative estimate of drug-likeness (QED) is 0.824. The number of aromatic nitrogens is 1. The van der Waals surface area contributed by atoms with Gasteiger partial charge >= 0.3 is 0 Å². The first-order chi connectivity index (χ1) is 8.86. The molecule has 0 saturated carbocycles. The average Bonchev–Trinajstić information content (AvgIpc) is 3.05. The molecule has 1 aromatic carbocycles. The maximum atomic E-state index is 8.96. The van der Waals surface area contributed by atoms with Gasteiger partial charge in [-0.25, -0.2) is 0 Å². The van der Waals surface area contributed by atoms with Crippen LogP contribution in [0.5, 0.6) is 0 Å². The molecule has 18 heavy (non-hydrogen) atoms. The highest BCUT2D eigenvalue weighted by molar-refractivity contribution is 5.81. The van der Waals surface area contributed by atoms with E-state index >= 15 is 0 Å². The van der Waals surface area contributed by atoms with Crippen molar-refractivity contribution in [3.05, 3.63) is 36.0 Å². The summed E-state index contributed by atoms with van der Waals surface area (Å²) in [5.74, 6) is 0. The van der Waals surface area contributed by atoms with Gasteiger partial charge in [-0.2, -0.15) is 5.26 Å². The van der Waals surface area contributed by atoms with Crippen LogP contribution in [0.3, 0.4) is 0 Å². The molecule has 0 bridgehead atoms. The highest BCUT2D eigenvalue weighted by atomic mass is 15.2. The predicted octanol–water partition coefficient (Wildman–Crippen LogP) is 2.61. The smallest absolute Gasteiger partial charge is 0.0992 e. The van der Waals surface area contributed by atoms with Crippen LogP contribution in [0.1, 0.15) is 18.4 Å². The lowest BCUT2D eigenvalue weighted by molar-refractivity contribution is 0.324. The second-order valence-corrected chi connectivity index (χ2v) is 4.94. The number of nitriles is 1. The molecule has 0 amide bonds. The number of fused-ring (bicyclic) bond motifs is 1. The largest absolute Gasteiger partial charge is 0.346 e. The Hall–Kier alpha value is -1.79. The lowest BCUT2D eigenvalue weighted by atomic mass is 10.2. The van der Waals surface area contributed by atoms with Gasteiger partial charge < -0.3 is 9.47 Å². The van der Waals surface area contributed by atoms with E-state index in [1.807, 2.05) is 18.2 Å². The topological polar surface area (TPSA) is 32.0 Å². The Labute approximate surface area is 107 Å². The van der Waals surface area contributed by atoms with Gasteiger partial charge in [-0.05, 0) is 49.5 Å². The molecule has 92 valence electrons. The Morgan fingerprint density at radius 2 is 1.94 bits per heavy atom. The molecule has 2 heterocycles. The second-order valence-electron chi connectivity index (χ2n) is 4.94. The van der Waals surface area contributed by atoms with Gasteiger partial charge in [0.2, 0.25) is 0 Å². The third kappa shape index (κ3) is 2.12. The zero-order valence-corrected chi connectivity index (χ0v) is 10.5. The van der Waals surface area contributed by atoms with Crippen LogP contribution in [0.4, 0.5) is 0 Å². The molecule has 0 aliphatic carbocycles. The molecule has 0 radical (unpaired) electrons. The van der Waals surface area contributed by atoms with E-state index < -0.39 is 0 Å². The third-order valence-electron chi connectivity index (χ3n) is 3.76. The molecule has 3 rings (SSSR count). The minimum atomic E-state index is 0.739. The summed E-state index contributed by atoms with van der Waals surface area (Å²) in [4.78, 5) is 2.51.